The van der Waals surface area contributed by atoms with Crippen LogP contribution in [0.3, 0.4) is 0 Å². The van der Waals surface area contributed by atoms with E-state index in [0.29, 0.717) is 17.9 Å². The van der Waals surface area contributed by atoms with E-state index in [4.69, 9.17) is 4.74 Å². The molecule has 5 heteroatoms. The van der Waals surface area contributed by atoms with Gasteiger partial charge in [0.15, 0.2) is 0 Å². The minimum absolute atomic E-state index is 0.0618. The molecule has 0 aliphatic rings. The second-order valence-corrected chi connectivity index (χ2v) is 6.57. The fourth-order valence-corrected chi connectivity index (χ4v) is 3.17. The van der Waals surface area contributed by atoms with Crippen molar-refractivity contribution in [3.63, 3.8) is 0 Å². The normalized spacial score (nSPS) is 11.8. The Morgan fingerprint density at radius 2 is 2.08 bits per heavy atom. The van der Waals surface area contributed by atoms with Gasteiger partial charge >= 0.3 is 0 Å². The second-order valence-electron chi connectivity index (χ2n) is 5.85. The van der Waals surface area contributed by atoms with E-state index in [0.717, 1.165) is 16.8 Å². The van der Waals surface area contributed by atoms with E-state index in [1.165, 1.54) is 11.3 Å². The quantitative estimate of drug-likeness (QED) is 0.709. The molecule has 0 saturated heterocycles. The molecular formula is C20H20N2O2S. The zero-order valence-corrected chi connectivity index (χ0v) is 15.0. The van der Waals surface area contributed by atoms with Crippen LogP contribution in [0.2, 0.25) is 0 Å². The standard InChI is InChI=1S/C20H20N2O2S/c1-14-6-3-4-9-19(14)15(2)22-20(23)16-7-5-8-18(10-16)24-11-17-12-25-13-21-17/h3-10,12-13,15H,11H2,1-2H3,(H,22,23). The molecule has 1 N–H and O–H groups in total. The minimum atomic E-state index is -0.116. The van der Waals surface area contributed by atoms with E-state index in [1.54, 1.807) is 17.6 Å². The molecule has 3 aromatic rings. The van der Waals surface area contributed by atoms with Crippen LogP contribution in [0.25, 0.3) is 0 Å². The number of rotatable bonds is 6. The van der Waals surface area contributed by atoms with Crippen LogP contribution in [0.4, 0.5) is 0 Å². The number of aromatic nitrogens is 1. The topological polar surface area (TPSA) is 51.2 Å². The summed E-state index contributed by atoms with van der Waals surface area (Å²) in [4.78, 5) is 16.7. The average molecular weight is 352 g/mol. The molecule has 0 aliphatic carbocycles. The van der Waals surface area contributed by atoms with E-state index in [9.17, 15) is 4.79 Å². The lowest BCUT2D eigenvalue weighted by atomic mass is 10.0. The van der Waals surface area contributed by atoms with E-state index in [-0.39, 0.29) is 11.9 Å². The summed E-state index contributed by atoms with van der Waals surface area (Å²) in [5.74, 6) is 0.541. The summed E-state index contributed by atoms with van der Waals surface area (Å²) in [6.45, 7) is 4.43. The van der Waals surface area contributed by atoms with Gasteiger partial charge in [-0.15, -0.1) is 11.3 Å². The molecule has 0 radical (unpaired) electrons. The van der Waals surface area contributed by atoms with E-state index in [1.807, 2.05) is 55.6 Å². The first-order valence-electron chi connectivity index (χ1n) is 8.10. The van der Waals surface area contributed by atoms with Crippen molar-refractivity contribution in [2.75, 3.05) is 0 Å². The molecule has 1 atom stereocenters. The lowest BCUT2D eigenvalue weighted by Gasteiger charge is -2.17. The van der Waals surface area contributed by atoms with Gasteiger partial charge in [0.05, 0.1) is 17.2 Å². The monoisotopic (exact) mass is 352 g/mol. The molecule has 0 aliphatic heterocycles. The van der Waals surface area contributed by atoms with Crippen molar-refractivity contribution in [2.45, 2.75) is 26.5 Å². The van der Waals surface area contributed by atoms with Crippen LogP contribution in [-0.2, 0) is 6.61 Å². The van der Waals surface area contributed by atoms with Crippen molar-refractivity contribution < 1.29 is 9.53 Å². The lowest BCUT2D eigenvalue weighted by Crippen LogP contribution is -2.27. The second kappa shape index (κ2) is 7.94. The maximum atomic E-state index is 12.5. The van der Waals surface area contributed by atoms with Gasteiger partial charge in [-0.05, 0) is 43.2 Å². The molecule has 25 heavy (non-hydrogen) atoms. The number of hydrogen-bond donors (Lipinski definition) is 1. The summed E-state index contributed by atoms with van der Waals surface area (Å²) in [5.41, 5.74) is 5.52. The number of nitrogens with zero attached hydrogens (tertiary/aromatic N) is 1. The first-order chi connectivity index (χ1) is 12.1. The number of thiazole rings is 1. The molecule has 0 spiro atoms. The summed E-state index contributed by atoms with van der Waals surface area (Å²) in [7, 11) is 0. The summed E-state index contributed by atoms with van der Waals surface area (Å²) in [6.07, 6.45) is 0. The highest BCUT2D eigenvalue weighted by Gasteiger charge is 2.13. The third-order valence-corrected chi connectivity index (χ3v) is 4.60. The Labute approximate surface area is 151 Å². The van der Waals surface area contributed by atoms with Crippen LogP contribution in [0.5, 0.6) is 5.75 Å². The van der Waals surface area contributed by atoms with Crippen LogP contribution in [0.1, 0.15) is 40.1 Å². The number of hydrogen-bond acceptors (Lipinski definition) is 4. The van der Waals surface area contributed by atoms with Crippen LogP contribution >= 0.6 is 11.3 Å². The van der Waals surface area contributed by atoms with Gasteiger partial charge in [0.1, 0.15) is 12.4 Å². The third-order valence-electron chi connectivity index (χ3n) is 3.97. The molecule has 1 aromatic heterocycles. The number of carbonyl (C=O) groups is 1. The van der Waals surface area contributed by atoms with Crippen molar-refractivity contribution in [2.24, 2.45) is 0 Å². The fraction of sp³-hybridized carbons (Fsp3) is 0.200. The van der Waals surface area contributed by atoms with Crippen molar-refractivity contribution in [3.05, 3.63) is 81.8 Å². The predicted octanol–water partition coefficient (Wildman–Crippen LogP) is 4.52. The SMILES string of the molecule is Cc1ccccc1C(C)NC(=O)c1cccc(OCc2cscn2)c1. The molecular weight excluding hydrogens is 332 g/mol. The van der Waals surface area contributed by atoms with Crippen molar-refractivity contribution >= 4 is 17.2 Å². The summed E-state index contributed by atoms with van der Waals surface area (Å²) in [6, 6.07) is 15.2. The molecule has 0 fully saturated rings. The molecule has 0 saturated carbocycles. The number of benzene rings is 2. The summed E-state index contributed by atoms with van der Waals surface area (Å²) >= 11 is 1.53. The summed E-state index contributed by atoms with van der Waals surface area (Å²) < 4.78 is 5.71. The highest BCUT2D eigenvalue weighted by atomic mass is 32.1. The maximum absolute atomic E-state index is 12.5. The van der Waals surface area contributed by atoms with Gasteiger partial charge in [0, 0.05) is 10.9 Å². The largest absolute Gasteiger partial charge is 0.487 e. The number of nitrogens with one attached hydrogen (secondary N) is 1. The molecule has 3 rings (SSSR count). The van der Waals surface area contributed by atoms with Crippen LogP contribution in [0, 0.1) is 6.92 Å². The Kier molecular flexibility index (Phi) is 5.46. The maximum Gasteiger partial charge on any atom is 0.251 e. The third kappa shape index (κ3) is 4.45. The van der Waals surface area contributed by atoms with Crippen molar-refractivity contribution in [1.29, 1.82) is 0 Å². The molecule has 0 bridgehead atoms. The molecule has 128 valence electrons. The van der Waals surface area contributed by atoms with Gasteiger partial charge in [0.25, 0.3) is 5.91 Å². The number of amides is 1. The van der Waals surface area contributed by atoms with Gasteiger partial charge in [-0.3, -0.25) is 4.79 Å². The Bertz CT molecular complexity index is 846. The van der Waals surface area contributed by atoms with E-state index in [2.05, 4.69) is 10.3 Å². The first-order valence-corrected chi connectivity index (χ1v) is 9.04. The van der Waals surface area contributed by atoms with Gasteiger partial charge < -0.3 is 10.1 Å². The number of aryl methyl sites for hydroxylation is 1. The minimum Gasteiger partial charge on any atom is -0.487 e. The molecule has 2 aromatic carbocycles. The Morgan fingerprint density at radius 3 is 2.84 bits per heavy atom. The van der Waals surface area contributed by atoms with Crippen molar-refractivity contribution in [3.8, 4) is 5.75 Å². The predicted molar refractivity (Wildman–Crippen MR) is 99.9 cm³/mol. The lowest BCUT2D eigenvalue weighted by molar-refractivity contribution is 0.0939. The number of carbonyl (C=O) groups excluding carboxylic acids is 1. The van der Waals surface area contributed by atoms with Gasteiger partial charge in [0.2, 0.25) is 0 Å². The summed E-state index contributed by atoms with van der Waals surface area (Å²) in [5, 5.41) is 4.99. The zero-order chi connectivity index (χ0) is 17.6. The average Bonchev–Trinajstić information content (AvgIpc) is 3.14. The highest BCUT2D eigenvalue weighted by molar-refractivity contribution is 7.07. The zero-order valence-electron chi connectivity index (χ0n) is 14.2. The van der Waals surface area contributed by atoms with E-state index >= 15 is 0 Å². The molecule has 1 unspecified atom stereocenters. The van der Waals surface area contributed by atoms with E-state index < -0.39 is 0 Å². The van der Waals surface area contributed by atoms with Crippen molar-refractivity contribution in [1.82, 2.24) is 10.3 Å². The molecule has 1 heterocycles. The Morgan fingerprint density at radius 1 is 1.24 bits per heavy atom. The molecule has 4 nitrogen and oxygen atoms in total. The highest BCUT2D eigenvalue weighted by Crippen LogP contribution is 2.19. The fourth-order valence-electron chi connectivity index (χ4n) is 2.62. The Hall–Kier alpha value is -2.66. The Balaban J connectivity index is 1.65. The van der Waals surface area contributed by atoms with Crippen LogP contribution < -0.4 is 10.1 Å². The smallest absolute Gasteiger partial charge is 0.251 e. The van der Waals surface area contributed by atoms with Crippen LogP contribution in [0.15, 0.2) is 59.4 Å². The van der Waals surface area contributed by atoms with Gasteiger partial charge in [-0.1, -0.05) is 30.3 Å². The molecule has 1 amide bonds. The first kappa shape index (κ1) is 17.2. The van der Waals surface area contributed by atoms with Gasteiger partial charge in [-0.25, -0.2) is 4.98 Å². The number of ether oxygens (including phenoxy) is 1. The van der Waals surface area contributed by atoms with Crippen LogP contribution in [-0.4, -0.2) is 10.9 Å². The van der Waals surface area contributed by atoms with Gasteiger partial charge in [-0.2, -0.15) is 0 Å².